The Morgan fingerprint density at radius 1 is 1.50 bits per heavy atom. The second kappa shape index (κ2) is 4.49. The molecule has 2 rings (SSSR count). The molecule has 1 fully saturated rings. The van der Waals surface area contributed by atoms with E-state index in [1.165, 1.54) is 12.8 Å². The van der Waals surface area contributed by atoms with Gasteiger partial charge in [-0.2, -0.15) is 0 Å². The second-order valence-corrected chi connectivity index (χ2v) is 5.18. The summed E-state index contributed by atoms with van der Waals surface area (Å²) in [5.41, 5.74) is 0.439. The molecule has 0 saturated heterocycles. The minimum atomic E-state index is 0.234. The van der Waals surface area contributed by atoms with Crippen LogP contribution in [-0.4, -0.2) is 26.8 Å². The third kappa shape index (κ3) is 2.58. The van der Waals surface area contributed by atoms with Crippen LogP contribution in [0.3, 0.4) is 0 Å². The minimum absolute atomic E-state index is 0.234. The predicted octanol–water partition coefficient (Wildman–Crippen LogP) is 1.53. The quantitative estimate of drug-likeness (QED) is 0.794. The number of aromatic nitrogens is 4. The molecule has 0 amide bonds. The van der Waals surface area contributed by atoms with Crippen molar-refractivity contribution in [3.8, 4) is 0 Å². The molecule has 1 aromatic rings. The molecule has 1 unspecified atom stereocenters. The van der Waals surface area contributed by atoms with Crippen LogP contribution < -0.4 is 5.32 Å². The van der Waals surface area contributed by atoms with Crippen molar-refractivity contribution >= 4 is 0 Å². The average molecular weight is 223 g/mol. The van der Waals surface area contributed by atoms with E-state index in [0.717, 1.165) is 25.3 Å². The summed E-state index contributed by atoms with van der Waals surface area (Å²) >= 11 is 0. The van der Waals surface area contributed by atoms with Crippen molar-refractivity contribution in [2.75, 3.05) is 6.54 Å². The number of hydrogen-bond donors (Lipinski definition) is 1. The van der Waals surface area contributed by atoms with Gasteiger partial charge in [-0.05, 0) is 48.6 Å². The molecule has 1 aromatic heterocycles. The molecule has 1 heterocycles. The topological polar surface area (TPSA) is 55.6 Å². The van der Waals surface area contributed by atoms with Gasteiger partial charge in [-0.25, -0.2) is 4.68 Å². The molecular formula is C11H21N5. The van der Waals surface area contributed by atoms with Gasteiger partial charge < -0.3 is 5.32 Å². The third-order valence-corrected chi connectivity index (χ3v) is 3.28. The lowest BCUT2D eigenvalue weighted by molar-refractivity contribution is 0.396. The van der Waals surface area contributed by atoms with E-state index in [2.05, 4.69) is 41.6 Å². The van der Waals surface area contributed by atoms with Gasteiger partial charge in [0.15, 0.2) is 5.82 Å². The van der Waals surface area contributed by atoms with Crippen molar-refractivity contribution < 1.29 is 0 Å². The smallest absolute Gasteiger partial charge is 0.167 e. The zero-order chi connectivity index (χ0) is 11.6. The maximum absolute atomic E-state index is 4.12. The zero-order valence-electron chi connectivity index (χ0n) is 10.4. The fraction of sp³-hybridized carbons (Fsp3) is 0.909. The Hall–Kier alpha value is -0.970. The highest BCUT2D eigenvalue weighted by Crippen LogP contribution is 2.46. The van der Waals surface area contributed by atoms with Crippen molar-refractivity contribution in [3.63, 3.8) is 0 Å². The first-order chi connectivity index (χ1) is 7.64. The Bertz CT molecular complexity index is 342. The van der Waals surface area contributed by atoms with Crippen LogP contribution in [0.1, 0.15) is 51.9 Å². The molecular weight excluding hydrogens is 202 g/mol. The van der Waals surface area contributed by atoms with Gasteiger partial charge in [0.2, 0.25) is 0 Å². The van der Waals surface area contributed by atoms with E-state index in [0.29, 0.717) is 5.41 Å². The SMILES string of the molecule is CCCNC(C)c1nnnn1CC1(C)CC1. The molecule has 5 nitrogen and oxygen atoms in total. The van der Waals surface area contributed by atoms with E-state index in [9.17, 15) is 0 Å². The van der Waals surface area contributed by atoms with E-state index in [-0.39, 0.29) is 6.04 Å². The molecule has 90 valence electrons. The summed E-state index contributed by atoms with van der Waals surface area (Å²) < 4.78 is 1.96. The highest BCUT2D eigenvalue weighted by Gasteiger charge is 2.38. The maximum Gasteiger partial charge on any atom is 0.167 e. The molecule has 0 bridgehead atoms. The zero-order valence-corrected chi connectivity index (χ0v) is 10.4. The van der Waals surface area contributed by atoms with Crippen molar-refractivity contribution in [1.82, 2.24) is 25.5 Å². The summed E-state index contributed by atoms with van der Waals surface area (Å²) in [5, 5.41) is 15.4. The van der Waals surface area contributed by atoms with Crippen molar-refractivity contribution in [1.29, 1.82) is 0 Å². The summed E-state index contributed by atoms with van der Waals surface area (Å²) in [6.45, 7) is 8.53. The number of nitrogens with one attached hydrogen (secondary N) is 1. The van der Waals surface area contributed by atoms with Crippen LogP contribution in [0.4, 0.5) is 0 Å². The molecule has 16 heavy (non-hydrogen) atoms. The second-order valence-electron chi connectivity index (χ2n) is 5.18. The Kier molecular flexibility index (Phi) is 3.23. The lowest BCUT2D eigenvalue weighted by Gasteiger charge is -2.14. The summed E-state index contributed by atoms with van der Waals surface area (Å²) in [7, 11) is 0. The predicted molar refractivity (Wildman–Crippen MR) is 61.9 cm³/mol. The summed E-state index contributed by atoms with van der Waals surface area (Å²) in [4.78, 5) is 0. The van der Waals surface area contributed by atoms with Gasteiger partial charge in [0.05, 0.1) is 12.6 Å². The Morgan fingerprint density at radius 2 is 2.25 bits per heavy atom. The van der Waals surface area contributed by atoms with Gasteiger partial charge in [0.25, 0.3) is 0 Å². The summed E-state index contributed by atoms with van der Waals surface area (Å²) in [5.74, 6) is 0.960. The van der Waals surface area contributed by atoms with Crippen LogP contribution in [-0.2, 0) is 6.54 Å². The van der Waals surface area contributed by atoms with Crippen LogP contribution in [0.25, 0.3) is 0 Å². The maximum atomic E-state index is 4.12. The van der Waals surface area contributed by atoms with Gasteiger partial charge in [-0.1, -0.05) is 13.8 Å². The molecule has 1 saturated carbocycles. The molecule has 1 aliphatic rings. The largest absolute Gasteiger partial charge is 0.307 e. The van der Waals surface area contributed by atoms with Crippen LogP contribution >= 0.6 is 0 Å². The van der Waals surface area contributed by atoms with Gasteiger partial charge >= 0.3 is 0 Å². The molecule has 0 spiro atoms. The number of rotatable bonds is 6. The first kappa shape index (κ1) is 11.5. The third-order valence-electron chi connectivity index (χ3n) is 3.28. The molecule has 1 aliphatic carbocycles. The Morgan fingerprint density at radius 3 is 2.88 bits per heavy atom. The molecule has 0 aromatic carbocycles. The average Bonchev–Trinajstić information content (AvgIpc) is 2.79. The van der Waals surface area contributed by atoms with Crippen molar-refractivity contribution in [2.24, 2.45) is 5.41 Å². The lowest BCUT2D eigenvalue weighted by atomic mass is 10.1. The van der Waals surface area contributed by atoms with E-state index in [1.54, 1.807) is 0 Å². The first-order valence-electron chi connectivity index (χ1n) is 6.14. The molecule has 1 N–H and O–H groups in total. The van der Waals surface area contributed by atoms with Crippen LogP contribution in [0.5, 0.6) is 0 Å². The standard InChI is InChI=1S/C11H21N5/c1-4-7-12-9(2)10-13-14-15-16(10)8-11(3)5-6-11/h9,12H,4-8H2,1-3H3. The van der Waals surface area contributed by atoms with Crippen molar-refractivity contribution in [3.05, 3.63) is 5.82 Å². The number of tetrazole rings is 1. The van der Waals surface area contributed by atoms with Crippen molar-refractivity contribution in [2.45, 2.75) is 52.6 Å². The molecule has 1 atom stereocenters. The molecule has 5 heteroatoms. The Balaban J connectivity index is 2.00. The van der Waals surface area contributed by atoms with E-state index in [4.69, 9.17) is 0 Å². The number of nitrogens with zero attached hydrogens (tertiary/aromatic N) is 4. The van der Waals surface area contributed by atoms with Gasteiger partial charge in [0, 0.05) is 0 Å². The highest BCUT2D eigenvalue weighted by atomic mass is 15.5. The lowest BCUT2D eigenvalue weighted by Crippen LogP contribution is -2.24. The number of hydrogen-bond acceptors (Lipinski definition) is 4. The fourth-order valence-corrected chi connectivity index (χ4v) is 1.82. The molecule has 0 aliphatic heterocycles. The van der Waals surface area contributed by atoms with E-state index in [1.807, 2.05) is 4.68 Å². The highest BCUT2D eigenvalue weighted by molar-refractivity contribution is 4.94. The summed E-state index contributed by atoms with van der Waals surface area (Å²) in [6, 6.07) is 0.234. The first-order valence-corrected chi connectivity index (χ1v) is 6.14. The van der Waals surface area contributed by atoms with Gasteiger partial charge in [-0.3, -0.25) is 0 Å². The fourth-order valence-electron chi connectivity index (χ4n) is 1.82. The van der Waals surface area contributed by atoms with Crippen LogP contribution in [0.15, 0.2) is 0 Å². The van der Waals surface area contributed by atoms with E-state index < -0.39 is 0 Å². The Labute approximate surface area is 96.6 Å². The monoisotopic (exact) mass is 223 g/mol. The van der Waals surface area contributed by atoms with E-state index >= 15 is 0 Å². The van der Waals surface area contributed by atoms with Gasteiger partial charge in [-0.15, -0.1) is 5.10 Å². The van der Waals surface area contributed by atoms with Crippen LogP contribution in [0, 0.1) is 5.41 Å². The van der Waals surface area contributed by atoms with Crippen LogP contribution in [0.2, 0.25) is 0 Å². The van der Waals surface area contributed by atoms with Gasteiger partial charge in [0.1, 0.15) is 0 Å². The normalized spacial score (nSPS) is 19.7. The summed E-state index contributed by atoms with van der Waals surface area (Å²) in [6.07, 6.45) is 3.72. The minimum Gasteiger partial charge on any atom is -0.307 e. The molecule has 0 radical (unpaired) electrons.